The second kappa shape index (κ2) is 6.28. The van der Waals surface area contributed by atoms with Gasteiger partial charge in [-0.1, -0.05) is 12.1 Å². The molecule has 1 aliphatic heterocycles. The predicted molar refractivity (Wildman–Crippen MR) is 90.2 cm³/mol. The molecule has 24 heavy (non-hydrogen) atoms. The number of nitrogens with one attached hydrogen (secondary N) is 2. The summed E-state index contributed by atoms with van der Waals surface area (Å²) in [5.74, 6) is 0.795. The highest BCUT2D eigenvalue weighted by Crippen LogP contribution is 2.23. The first-order chi connectivity index (χ1) is 11.7. The standard InChI is InChI=1S/C18H22N4O2/c1-24-14-4-2-3-12(9-14)11-22-16-7-8-19-10-15(16)17(21-22)18(23)20-13-5-6-13/h2-4,9,13,19H,5-8,10-11H2,1H3,(H,20,23). The summed E-state index contributed by atoms with van der Waals surface area (Å²) in [7, 11) is 1.67. The fourth-order valence-corrected chi connectivity index (χ4v) is 3.16. The second-order valence-electron chi connectivity index (χ2n) is 6.46. The normalized spacial score (nSPS) is 16.5. The van der Waals surface area contributed by atoms with E-state index in [2.05, 4.69) is 21.8 Å². The van der Waals surface area contributed by atoms with Gasteiger partial charge in [0.25, 0.3) is 5.91 Å². The Labute approximate surface area is 141 Å². The van der Waals surface area contributed by atoms with Crippen molar-refractivity contribution < 1.29 is 9.53 Å². The number of hydrogen-bond acceptors (Lipinski definition) is 4. The van der Waals surface area contributed by atoms with E-state index in [4.69, 9.17) is 4.74 Å². The number of carbonyl (C=O) groups excluding carboxylic acids is 1. The SMILES string of the molecule is COc1cccc(Cn2nc(C(=O)NC3CC3)c3c2CCNC3)c1. The maximum absolute atomic E-state index is 12.5. The van der Waals surface area contributed by atoms with Gasteiger partial charge >= 0.3 is 0 Å². The van der Waals surface area contributed by atoms with Gasteiger partial charge in [0.2, 0.25) is 0 Å². The Hall–Kier alpha value is -2.34. The zero-order chi connectivity index (χ0) is 16.5. The van der Waals surface area contributed by atoms with Crippen molar-refractivity contribution in [3.05, 3.63) is 46.8 Å². The molecule has 1 fully saturated rings. The van der Waals surface area contributed by atoms with E-state index in [1.165, 1.54) is 0 Å². The molecule has 6 heteroatoms. The van der Waals surface area contributed by atoms with Crippen molar-refractivity contribution in [2.45, 2.75) is 38.4 Å². The molecule has 4 rings (SSSR count). The Morgan fingerprint density at radius 1 is 1.46 bits per heavy atom. The van der Waals surface area contributed by atoms with Gasteiger partial charge in [-0.05, 0) is 30.5 Å². The number of rotatable bonds is 5. The number of benzene rings is 1. The quantitative estimate of drug-likeness (QED) is 0.873. The number of amides is 1. The minimum absolute atomic E-state index is 0.0400. The zero-order valence-corrected chi connectivity index (χ0v) is 13.8. The summed E-state index contributed by atoms with van der Waals surface area (Å²) in [6.07, 6.45) is 3.05. The number of fused-ring (bicyclic) bond motifs is 1. The smallest absolute Gasteiger partial charge is 0.272 e. The molecule has 0 atom stereocenters. The van der Waals surface area contributed by atoms with E-state index in [1.807, 2.05) is 22.9 Å². The topological polar surface area (TPSA) is 68.2 Å². The minimum Gasteiger partial charge on any atom is -0.497 e. The summed E-state index contributed by atoms with van der Waals surface area (Å²) >= 11 is 0. The van der Waals surface area contributed by atoms with Crippen LogP contribution in [0.25, 0.3) is 0 Å². The summed E-state index contributed by atoms with van der Waals surface area (Å²) in [5, 5.41) is 11.0. The third-order valence-corrected chi connectivity index (χ3v) is 4.60. The lowest BCUT2D eigenvalue weighted by molar-refractivity contribution is 0.0944. The van der Waals surface area contributed by atoms with Gasteiger partial charge in [0.1, 0.15) is 5.75 Å². The monoisotopic (exact) mass is 326 g/mol. The molecule has 1 aliphatic carbocycles. The molecular weight excluding hydrogens is 304 g/mol. The fraction of sp³-hybridized carbons (Fsp3) is 0.444. The molecular formula is C18H22N4O2. The number of hydrogen-bond donors (Lipinski definition) is 2. The largest absolute Gasteiger partial charge is 0.497 e. The average Bonchev–Trinajstić information content (AvgIpc) is 3.35. The van der Waals surface area contributed by atoms with Crippen molar-refractivity contribution in [3.8, 4) is 5.75 Å². The van der Waals surface area contributed by atoms with Gasteiger partial charge < -0.3 is 15.4 Å². The summed E-state index contributed by atoms with van der Waals surface area (Å²) in [6, 6.07) is 8.32. The molecule has 2 heterocycles. The summed E-state index contributed by atoms with van der Waals surface area (Å²) in [6.45, 7) is 2.28. The number of methoxy groups -OCH3 is 1. The van der Waals surface area contributed by atoms with Gasteiger partial charge in [-0.3, -0.25) is 9.48 Å². The second-order valence-corrected chi connectivity index (χ2v) is 6.46. The van der Waals surface area contributed by atoms with Crippen LogP contribution in [-0.2, 0) is 19.5 Å². The Morgan fingerprint density at radius 3 is 3.12 bits per heavy atom. The lowest BCUT2D eigenvalue weighted by atomic mass is 10.1. The first-order valence-corrected chi connectivity index (χ1v) is 8.47. The molecule has 1 aromatic carbocycles. The first-order valence-electron chi connectivity index (χ1n) is 8.47. The molecule has 2 N–H and O–H groups in total. The number of carbonyl (C=O) groups is 1. The molecule has 0 saturated heterocycles. The van der Waals surface area contributed by atoms with Gasteiger partial charge in [0.05, 0.1) is 13.7 Å². The maximum Gasteiger partial charge on any atom is 0.272 e. The van der Waals surface area contributed by atoms with Crippen molar-refractivity contribution in [1.29, 1.82) is 0 Å². The highest BCUT2D eigenvalue weighted by Gasteiger charge is 2.29. The Bertz CT molecular complexity index is 764. The molecule has 126 valence electrons. The van der Waals surface area contributed by atoms with Gasteiger partial charge in [0.15, 0.2) is 5.69 Å². The third-order valence-electron chi connectivity index (χ3n) is 4.60. The van der Waals surface area contributed by atoms with E-state index in [-0.39, 0.29) is 5.91 Å². The molecule has 0 unspecified atom stereocenters. The highest BCUT2D eigenvalue weighted by atomic mass is 16.5. The maximum atomic E-state index is 12.5. The lowest BCUT2D eigenvalue weighted by Crippen LogP contribution is -2.29. The van der Waals surface area contributed by atoms with Crippen molar-refractivity contribution in [2.24, 2.45) is 0 Å². The number of nitrogens with zero attached hydrogens (tertiary/aromatic N) is 2. The van der Waals surface area contributed by atoms with Crippen LogP contribution in [0.2, 0.25) is 0 Å². The predicted octanol–water partition coefficient (Wildman–Crippen LogP) is 1.48. The van der Waals surface area contributed by atoms with Crippen molar-refractivity contribution in [1.82, 2.24) is 20.4 Å². The summed E-state index contributed by atoms with van der Waals surface area (Å²) in [5.41, 5.74) is 3.90. The molecule has 1 saturated carbocycles. The molecule has 2 aliphatic rings. The van der Waals surface area contributed by atoms with Crippen LogP contribution in [0.1, 0.15) is 40.2 Å². The van der Waals surface area contributed by atoms with E-state index in [0.717, 1.165) is 48.4 Å². The molecule has 0 bridgehead atoms. The lowest BCUT2D eigenvalue weighted by Gasteiger charge is -2.15. The van der Waals surface area contributed by atoms with Crippen LogP contribution in [0.5, 0.6) is 5.75 Å². The fourth-order valence-electron chi connectivity index (χ4n) is 3.16. The van der Waals surface area contributed by atoms with E-state index in [0.29, 0.717) is 24.8 Å². The van der Waals surface area contributed by atoms with Crippen molar-refractivity contribution in [2.75, 3.05) is 13.7 Å². The van der Waals surface area contributed by atoms with E-state index in [1.54, 1.807) is 7.11 Å². The molecule has 6 nitrogen and oxygen atoms in total. The van der Waals surface area contributed by atoms with Gasteiger partial charge in [-0.15, -0.1) is 0 Å². The van der Waals surface area contributed by atoms with Gasteiger partial charge in [0, 0.05) is 36.8 Å². The molecule has 2 aromatic rings. The van der Waals surface area contributed by atoms with Crippen LogP contribution in [0.4, 0.5) is 0 Å². The molecule has 1 amide bonds. The highest BCUT2D eigenvalue weighted by molar-refractivity contribution is 5.94. The van der Waals surface area contributed by atoms with Gasteiger partial charge in [-0.25, -0.2) is 0 Å². The summed E-state index contributed by atoms with van der Waals surface area (Å²) in [4.78, 5) is 12.5. The molecule has 0 radical (unpaired) electrons. The van der Waals surface area contributed by atoms with Crippen LogP contribution < -0.4 is 15.4 Å². The van der Waals surface area contributed by atoms with Crippen molar-refractivity contribution >= 4 is 5.91 Å². The van der Waals surface area contributed by atoms with Crippen LogP contribution in [0, 0.1) is 0 Å². The third kappa shape index (κ3) is 3.01. The Kier molecular flexibility index (Phi) is 3.98. The van der Waals surface area contributed by atoms with E-state index >= 15 is 0 Å². The van der Waals surface area contributed by atoms with Crippen molar-refractivity contribution in [3.63, 3.8) is 0 Å². The first kappa shape index (κ1) is 15.2. The van der Waals surface area contributed by atoms with Crippen LogP contribution in [0.15, 0.2) is 24.3 Å². The number of aromatic nitrogens is 2. The van der Waals surface area contributed by atoms with E-state index in [9.17, 15) is 4.79 Å². The Balaban J connectivity index is 1.64. The number of ether oxygens (including phenoxy) is 1. The van der Waals surface area contributed by atoms with E-state index < -0.39 is 0 Å². The molecule has 1 aromatic heterocycles. The zero-order valence-electron chi connectivity index (χ0n) is 13.8. The average molecular weight is 326 g/mol. The minimum atomic E-state index is -0.0400. The van der Waals surface area contributed by atoms with Crippen LogP contribution in [0.3, 0.4) is 0 Å². The Morgan fingerprint density at radius 2 is 2.33 bits per heavy atom. The molecule has 0 spiro atoms. The van der Waals surface area contributed by atoms with Crippen LogP contribution >= 0.6 is 0 Å². The van der Waals surface area contributed by atoms with Crippen LogP contribution in [-0.4, -0.2) is 35.4 Å². The summed E-state index contributed by atoms with van der Waals surface area (Å²) < 4.78 is 7.27. The van der Waals surface area contributed by atoms with Gasteiger partial charge in [-0.2, -0.15) is 5.10 Å².